The van der Waals surface area contributed by atoms with E-state index in [1.54, 1.807) is 47.0 Å². The van der Waals surface area contributed by atoms with Crippen LogP contribution in [0, 0.1) is 11.3 Å². The third kappa shape index (κ3) is 2.87. The average molecular weight is 381 g/mol. The van der Waals surface area contributed by atoms with Crippen molar-refractivity contribution in [3.8, 4) is 0 Å². The summed E-state index contributed by atoms with van der Waals surface area (Å²) in [6.07, 6.45) is 2.88. The number of carbonyl (C=O) groups excluding carboxylic acids is 3. The summed E-state index contributed by atoms with van der Waals surface area (Å²) in [5.74, 6) is -0.349. The van der Waals surface area contributed by atoms with Crippen LogP contribution in [0.4, 0.5) is 0 Å². The van der Waals surface area contributed by atoms with Crippen LogP contribution >= 0.6 is 0 Å². The predicted octanol–water partition coefficient (Wildman–Crippen LogP) is 1.58. The van der Waals surface area contributed by atoms with Gasteiger partial charge in [-0.25, -0.2) is 0 Å². The van der Waals surface area contributed by atoms with Crippen molar-refractivity contribution in [1.29, 1.82) is 0 Å². The minimum absolute atomic E-state index is 0.0386. The molecule has 2 fully saturated rings. The molecule has 0 radical (unpaired) electrons. The average Bonchev–Trinajstić information content (AvgIpc) is 3.41. The molecule has 4 rings (SSSR count). The maximum absolute atomic E-state index is 13.1. The van der Waals surface area contributed by atoms with Gasteiger partial charge in [-0.2, -0.15) is 0 Å². The van der Waals surface area contributed by atoms with E-state index in [0.717, 1.165) is 0 Å². The second kappa shape index (κ2) is 6.82. The summed E-state index contributed by atoms with van der Waals surface area (Å²) in [6, 6.07) is 10.7. The summed E-state index contributed by atoms with van der Waals surface area (Å²) >= 11 is 0. The standard InChI is InChI=1S/C21H23N3O4/c1-22(2)20(27)21-13-23(18(25)15-6-4-3-5-7-15)10-17(21)11-24(14-21)19(26)16-8-9-28-12-16/h3-9,12,17H,10-11,13-14H2,1-2H3/t17-,21-/m0/s1. The Morgan fingerprint density at radius 2 is 1.57 bits per heavy atom. The van der Waals surface area contributed by atoms with Crippen molar-refractivity contribution in [2.45, 2.75) is 0 Å². The molecule has 2 atom stereocenters. The topological polar surface area (TPSA) is 74.1 Å². The number of rotatable bonds is 3. The fourth-order valence-corrected chi connectivity index (χ4v) is 4.45. The monoisotopic (exact) mass is 381 g/mol. The number of hydrogen-bond acceptors (Lipinski definition) is 4. The van der Waals surface area contributed by atoms with E-state index in [4.69, 9.17) is 4.42 Å². The molecular weight excluding hydrogens is 358 g/mol. The van der Waals surface area contributed by atoms with Gasteiger partial charge in [-0.1, -0.05) is 18.2 Å². The number of fused-ring (bicyclic) bond motifs is 1. The van der Waals surface area contributed by atoms with Gasteiger partial charge in [0.1, 0.15) is 6.26 Å². The highest BCUT2D eigenvalue weighted by Crippen LogP contribution is 2.44. The molecule has 7 heteroatoms. The van der Waals surface area contributed by atoms with Crippen LogP contribution in [0.3, 0.4) is 0 Å². The minimum Gasteiger partial charge on any atom is -0.472 e. The molecule has 7 nitrogen and oxygen atoms in total. The third-order valence-corrected chi connectivity index (χ3v) is 5.80. The molecule has 2 aliphatic heterocycles. The first kappa shape index (κ1) is 18.3. The van der Waals surface area contributed by atoms with Crippen molar-refractivity contribution in [3.63, 3.8) is 0 Å². The van der Waals surface area contributed by atoms with Gasteiger partial charge in [0.05, 0.1) is 17.2 Å². The lowest BCUT2D eigenvalue weighted by Crippen LogP contribution is -2.48. The second-order valence-electron chi connectivity index (χ2n) is 7.80. The van der Waals surface area contributed by atoms with Crippen molar-refractivity contribution in [2.24, 2.45) is 11.3 Å². The van der Waals surface area contributed by atoms with Crippen LogP contribution in [0.2, 0.25) is 0 Å². The molecule has 0 aliphatic carbocycles. The van der Waals surface area contributed by atoms with E-state index < -0.39 is 5.41 Å². The first-order valence-corrected chi connectivity index (χ1v) is 9.30. The summed E-state index contributed by atoms with van der Waals surface area (Å²) in [7, 11) is 3.44. The minimum atomic E-state index is -0.770. The van der Waals surface area contributed by atoms with Crippen LogP contribution in [-0.4, -0.2) is 72.7 Å². The molecule has 2 saturated heterocycles. The Hall–Kier alpha value is -3.09. The first-order valence-electron chi connectivity index (χ1n) is 9.30. The highest BCUT2D eigenvalue weighted by atomic mass is 16.3. The van der Waals surface area contributed by atoms with Crippen LogP contribution in [-0.2, 0) is 4.79 Å². The number of furan rings is 1. The molecule has 28 heavy (non-hydrogen) atoms. The summed E-state index contributed by atoms with van der Waals surface area (Å²) < 4.78 is 5.02. The molecule has 0 bridgehead atoms. The van der Waals surface area contributed by atoms with Crippen LogP contribution < -0.4 is 0 Å². The molecule has 0 N–H and O–H groups in total. The van der Waals surface area contributed by atoms with Crippen molar-refractivity contribution >= 4 is 17.7 Å². The van der Waals surface area contributed by atoms with Gasteiger partial charge in [0.25, 0.3) is 11.8 Å². The fraction of sp³-hybridized carbons (Fsp3) is 0.381. The molecule has 3 heterocycles. The van der Waals surface area contributed by atoms with Crippen LogP contribution in [0.1, 0.15) is 20.7 Å². The SMILES string of the molecule is CN(C)C(=O)[C@]12CN(C(=O)c3ccccc3)C[C@H]1CN(C(=O)c1ccoc1)C2. The molecule has 0 spiro atoms. The summed E-state index contributed by atoms with van der Waals surface area (Å²) in [5.41, 5.74) is 0.318. The number of likely N-dealkylation sites (tertiary alicyclic amines) is 2. The molecule has 3 amide bonds. The quantitative estimate of drug-likeness (QED) is 0.809. The smallest absolute Gasteiger partial charge is 0.257 e. The number of benzene rings is 1. The second-order valence-corrected chi connectivity index (χ2v) is 7.80. The maximum Gasteiger partial charge on any atom is 0.257 e. The molecule has 2 aliphatic rings. The van der Waals surface area contributed by atoms with Gasteiger partial charge in [-0.15, -0.1) is 0 Å². The Kier molecular flexibility index (Phi) is 4.45. The predicted molar refractivity (Wildman–Crippen MR) is 102 cm³/mol. The van der Waals surface area contributed by atoms with Gasteiger partial charge in [0, 0.05) is 51.8 Å². The molecule has 1 aromatic carbocycles. The zero-order chi connectivity index (χ0) is 19.9. The normalized spacial score (nSPS) is 23.6. The Bertz CT molecular complexity index is 894. The lowest BCUT2D eigenvalue weighted by Gasteiger charge is -2.30. The molecule has 146 valence electrons. The van der Waals surface area contributed by atoms with Crippen molar-refractivity contribution in [3.05, 3.63) is 60.1 Å². The van der Waals surface area contributed by atoms with Crippen LogP contribution in [0.25, 0.3) is 0 Å². The van der Waals surface area contributed by atoms with E-state index in [2.05, 4.69) is 0 Å². The van der Waals surface area contributed by atoms with Crippen molar-refractivity contribution in [2.75, 3.05) is 40.3 Å². The highest BCUT2D eigenvalue weighted by molar-refractivity contribution is 5.97. The van der Waals surface area contributed by atoms with Gasteiger partial charge in [-0.05, 0) is 18.2 Å². The Balaban J connectivity index is 1.60. The molecule has 0 unspecified atom stereocenters. The molecule has 1 aromatic heterocycles. The van der Waals surface area contributed by atoms with Crippen molar-refractivity contribution in [1.82, 2.24) is 14.7 Å². The van der Waals surface area contributed by atoms with E-state index >= 15 is 0 Å². The van der Waals surface area contributed by atoms with Gasteiger partial charge in [-0.3, -0.25) is 14.4 Å². The van der Waals surface area contributed by atoms with Crippen LogP contribution in [0.15, 0.2) is 53.3 Å². The zero-order valence-corrected chi connectivity index (χ0v) is 16.0. The largest absolute Gasteiger partial charge is 0.472 e. The number of hydrogen-bond donors (Lipinski definition) is 0. The van der Waals surface area contributed by atoms with E-state index in [-0.39, 0.29) is 23.6 Å². The summed E-state index contributed by atoms with van der Waals surface area (Å²) in [5, 5.41) is 0. The number of amides is 3. The molecule has 2 aromatic rings. The van der Waals surface area contributed by atoms with E-state index in [1.807, 2.05) is 18.2 Å². The Labute approximate surface area is 163 Å². The lowest BCUT2D eigenvalue weighted by molar-refractivity contribution is -0.139. The van der Waals surface area contributed by atoms with Crippen LogP contribution in [0.5, 0.6) is 0 Å². The van der Waals surface area contributed by atoms with E-state index in [0.29, 0.717) is 37.3 Å². The maximum atomic E-state index is 13.1. The van der Waals surface area contributed by atoms with Gasteiger partial charge in [0.2, 0.25) is 5.91 Å². The lowest BCUT2D eigenvalue weighted by atomic mass is 9.80. The van der Waals surface area contributed by atoms with E-state index in [9.17, 15) is 14.4 Å². The Morgan fingerprint density at radius 1 is 0.964 bits per heavy atom. The first-order chi connectivity index (χ1) is 13.4. The van der Waals surface area contributed by atoms with E-state index in [1.165, 1.54) is 12.5 Å². The summed E-state index contributed by atoms with van der Waals surface area (Å²) in [4.78, 5) is 43.9. The van der Waals surface area contributed by atoms with Gasteiger partial charge in [0.15, 0.2) is 0 Å². The highest BCUT2D eigenvalue weighted by Gasteiger charge is 2.59. The number of carbonyl (C=O) groups is 3. The fourth-order valence-electron chi connectivity index (χ4n) is 4.45. The van der Waals surface area contributed by atoms with Gasteiger partial charge >= 0.3 is 0 Å². The molecule has 0 saturated carbocycles. The zero-order valence-electron chi connectivity index (χ0n) is 16.0. The Morgan fingerprint density at radius 3 is 2.11 bits per heavy atom. The van der Waals surface area contributed by atoms with Gasteiger partial charge < -0.3 is 19.1 Å². The number of nitrogens with zero attached hydrogens (tertiary/aromatic N) is 3. The molecular formula is C21H23N3O4. The van der Waals surface area contributed by atoms with Crippen molar-refractivity contribution < 1.29 is 18.8 Å². The third-order valence-electron chi connectivity index (χ3n) is 5.80. The summed E-state index contributed by atoms with van der Waals surface area (Å²) in [6.45, 7) is 1.53.